The van der Waals surface area contributed by atoms with Crippen LogP contribution < -0.4 is 15.2 Å². The SMILES string of the molecule is CCOC(=O)C(CC)Oc1cc(OC)ccc1CC(C)N. The van der Waals surface area contributed by atoms with Crippen LogP contribution in [0.25, 0.3) is 0 Å². The Kier molecular flexibility index (Phi) is 7.02. The Bertz CT molecular complexity index is 460. The van der Waals surface area contributed by atoms with E-state index in [2.05, 4.69) is 0 Å². The first-order valence-electron chi connectivity index (χ1n) is 7.27. The Labute approximate surface area is 126 Å². The number of benzene rings is 1. The first-order valence-corrected chi connectivity index (χ1v) is 7.27. The fraction of sp³-hybridized carbons (Fsp3) is 0.562. The summed E-state index contributed by atoms with van der Waals surface area (Å²) in [6, 6.07) is 5.55. The molecule has 0 heterocycles. The number of methoxy groups -OCH3 is 1. The van der Waals surface area contributed by atoms with Crippen LogP contribution in [0.15, 0.2) is 18.2 Å². The molecule has 5 nitrogen and oxygen atoms in total. The van der Waals surface area contributed by atoms with E-state index in [1.807, 2.05) is 26.0 Å². The molecule has 0 radical (unpaired) electrons. The molecule has 2 atom stereocenters. The molecule has 118 valence electrons. The van der Waals surface area contributed by atoms with Crippen molar-refractivity contribution in [1.29, 1.82) is 0 Å². The first kappa shape index (κ1) is 17.3. The molecule has 0 aromatic heterocycles. The van der Waals surface area contributed by atoms with Crippen molar-refractivity contribution in [3.05, 3.63) is 23.8 Å². The minimum absolute atomic E-state index is 0.00316. The predicted molar refractivity (Wildman–Crippen MR) is 81.7 cm³/mol. The number of carbonyl (C=O) groups excluding carboxylic acids is 1. The number of hydrogen-bond donors (Lipinski definition) is 1. The lowest BCUT2D eigenvalue weighted by atomic mass is 10.1. The van der Waals surface area contributed by atoms with E-state index in [0.29, 0.717) is 30.9 Å². The van der Waals surface area contributed by atoms with E-state index in [4.69, 9.17) is 19.9 Å². The third kappa shape index (κ3) is 5.27. The highest BCUT2D eigenvalue weighted by molar-refractivity contribution is 5.75. The Balaban J connectivity index is 2.98. The van der Waals surface area contributed by atoms with Gasteiger partial charge in [-0.15, -0.1) is 0 Å². The Hall–Kier alpha value is -1.75. The molecule has 21 heavy (non-hydrogen) atoms. The fourth-order valence-electron chi connectivity index (χ4n) is 1.97. The minimum atomic E-state index is -0.621. The maximum Gasteiger partial charge on any atom is 0.347 e. The average Bonchev–Trinajstić information content (AvgIpc) is 2.45. The summed E-state index contributed by atoms with van der Waals surface area (Å²) in [5.74, 6) is 0.943. The van der Waals surface area contributed by atoms with Gasteiger partial charge in [-0.1, -0.05) is 13.0 Å². The summed E-state index contributed by atoms with van der Waals surface area (Å²) in [6.45, 7) is 5.92. The van der Waals surface area contributed by atoms with Crippen molar-refractivity contribution in [3.8, 4) is 11.5 Å². The van der Waals surface area contributed by atoms with Crippen molar-refractivity contribution < 1.29 is 19.0 Å². The summed E-state index contributed by atoms with van der Waals surface area (Å²) >= 11 is 0. The van der Waals surface area contributed by atoms with Crippen molar-refractivity contribution in [3.63, 3.8) is 0 Å². The van der Waals surface area contributed by atoms with E-state index in [1.54, 1.807) is 20.1 Å². The Morgan fingerprint density at radius 1 is 1.33 bits per heavy atom. The van der Waals surface area contributed by atoms with Gasteiger partial charge in [-0.3, -0.25) is 0 Å². The van der Waals surface area contributed by atoms with Crippen LogP contribution in [0.3, 0.4) is 0 Å². The van der Waals surface area contributed by atoms with Gasteiger partial charge in [-0.25, -0.2) is 4.79 Å². The molecular weight excluding hydrogens is 270 g/mol. The van der Waals surface area contributed by atoms with Crippen LogP contribution in [0.1, 0.15) is 32.8 Å². The predicted octanol–water partition coefficient (Wildman–Crippen LogP) is 2.31. The maximum atomic E-state index is 11.9. The van der Waals surface area contributed by atoms with Crippen molar-refractivity contribution in [2.24, 2.45) is 5.73 Å². The third-order valence-electron chi connectivity index (χ3n) is 3.01. The molecular formula is C16H25NO4. The highest BCUT2D eigenvalue weighted by Gasteiger charge is 2.21. The summed E-state index contributed by atoms with van der Waals surface area (Å²) in [5, 5.41) is 0. The van der Waals surface area contributed by atoms with Crippen LogP contribution in [0, 0.1) is 0 Å². The summed E-state index contributed by atoms with van der Waals surface area (Å²) in [5.41, 5.74) is 6.81. The first-order chi connectivity index (χ1) is 10.0. The quantitative estimate of drug-likeness (QED) is 0.745. The molecule has 0 spiro atoms. The fourth-order valence-corrected chi connectivity index (χ4v) is 1.97. The van der Waals surface area contributed by atoms with E-state index < -0.39 is 6.10 Å². The molecule has 0 aliphatic heterocycles. The topological polar surface area (TPSA) is 70.8 Å². The van der Waals surface area contributed by atoms with Crippen molar-refractivity contribution in [2.75, 3.05) is 13.7 Å². The molecule has 1 aromatic carbocycles. The lowest BCUT2D eigenvalue weighted by molar-refractivity contribution is -0.151. The second kappa shape index (κ2) is 8.52. The van der Waals surface area contributed by atoms with Crippen LogP contribution in [-0.2, 0) is 16.0 Å². The van der Waals surface area contributed by atoms with Gasteiger partial charge in [0.2, 0.25) is 0 Å². The van der Waals surface area contributed by atoms with E-state index in [1.165, 1.54) is 0 Å². The number of rotatable bonds is 8. The van der Waals surface area contributed by atoms with Gasteiger partial charge in [-0.2, -0.15) is 0 Å². The van der Waals surface area contributed by atoms with Crippen LogP contribution in [0.4, 0.5) is 0 Å². The molecule has 1 rings (SSSR count). The standard InChI is InChI=1S/C16H25NO4/c1-5-14(16(18)20-6-2)21-15-10-13(19-4)8-7-12(15)9-11(3)17/h7-8,10-11,14H,5-6,9,17H2,1-4H3. The van der Waals surface area contributed by atoms with E-state index >= 15 is 0 Å². The molecule has 2 N–H and O–H groups in total. The van der Waals surface area contributed by atoms with Gasteiger partial charge in [-0.05, 0) is 38.3 Å². The molecule has 0 bridgehead atoms. The molecule has 0 fully saturated rings. The van der Waals surface area contributed by atoms with Gasteiger partial charge in [0.1, 0.15) is 11.5 Å². The highest BCUT2D eigenvalue weighted by atomic mass is 16.6. The van der Waals surface area contributed by atoms with E-state index in [9.17, 15) is 4.79 Å². The normalized spacial score (nSPS) is 13.4. The molecule has 0 saturated carbocycles. The zero-order valence-corrected chi connectivity index (χ0v) is 13.2. The number of nitrogens with two attached hydrogens (primary N) is 1. The van der Waals surface area contributed by atoms with Gasteiger partial charge >= 0.3 is 5.97 Å². The van der Waals surface area contributed by atoms with Crippen LogP contribution in [0.5, 0.6) is 11.5 Å². The van der Waals surface area contributed by atoms with Crippen molar-refractivity contribution in [2.45, 2.75) is 45.8 Å². The summed E-state index contributed by atoms with van der Waals surface area (Å²) in [4.78, 5) is 11.9. The summed E-state index contributed by atoms with van der Waals surface area (Å²) < 4.78 is 16.1. The highest BCUT2D eigenvalue weighted by Crippen LogP contribution is 2.27. The minimum Gasteiger partial charge on any atom is -0.497 e. The molecule has 0 aliphatic rings. The Morgan fingerprint density at radius 3 is 2.57 bits per heavy atom. The lowest BCUT2D eigenvalue weighted by Crippen LogP contribution is -2.29. The maximum absolute atomic E-state index is 11.9. The van der Waals surface area contributed by atoms with Crippen LogP contribution in [-0.4, -0.2) is 31.8 Å². The summed E-state index contributed by atoms with van der Waals surface area (Å²) in [6.07, 6.45) is 0.579. The number of hydrogen-bond acceptors (Lipinski definition) is 5. The van der Waals surface area contributed by atoms with Crippen molar-refractivity contribution in [1.82, 2.24) is 0 Å². The molecule has 0 amide bonds. The molecule has 2 unspecified atom stereocenters. The largest absolute Gasteiger partial charge is 0.497 e. The van der Waals surface area contributed by atoms with Gasteiger partial charge in [0.15, 0.2) is 6.10 Å². The van der Waals surface area contributed by atoms with Gasteiger partial charge in [0, 0.05) is 12.1 Å². The van der Waals surface area contributed by atoms with Crippen molar-refractivity contribution >= 4 is 5.97 Å². The Morgan fingerprint density at radius 2 is 2.05 bits per heavy atom. The van der Waals surface area contributed by atoms with Gasteiger partial charge < -0.3 is 19.9 Å². The zero-order chi connectivity index (χ0) is 15.8. The molecule has 5 heteroatoms. The number of ether oxygens (including phenoxy) is 3. The monoisotopic (exact) mass is 295 g/mol. The number of esters is 1. The van der Waals surface area contributed by atoms with Gasteiger partial charge in [0.25, 0.3) is 0 Å². The van der Waals surface area contributed by atoms with Gasteiger partial charge in [0.05, 0.1) is 13.7 Å². The van der Waals surface area contributed by atoms with E-state index in [-0.39, 0.29) is 12.0 Å². The van der Waals surface area contributed by atoms with E-state index in [0.717, 1.165) is 5.56 Å². The second-order valence-corrected chi connectivity index (χ2v) is 4.92. The molecule has 1 aromatic rings. The molecule has 0 saturated heterocycles. The smallest absolute Gasteiger partial charge is 0.347 e. The average molecular weight is 295 g/mol. The van der Waals surface area contributed by atoms with Crippen LogP contribution >= 0.6 is 0 Å². The van der Waals surface area contributed by atoms with Crippen LogP contribution in [0.2, 0.25) is 0 Å². The number of carbonyl (C=O) groups is 1. The zero-order valence-electron chi connectivity index (χ0n) is 13.2. The summed E-state index contributed by atoms with van der Waals surface area (Å²) in [7, 11) is 1.59. The second-order valence-electron chi connectivity index (χ2n) is 4.92. The molecule has 0 aliphatic carbocycles. The lowest BCUT2D eigenvalue weighted by Gasteiger charge is -2.19. The third-order valence-corrected chi connectivity index (χ3v) is 3.01.